The van der Waals surface area contributed by atoms with Gasteiger partial charge in [-0.05, 0) is 97.7 Å². The zero-order valence-corrected chi connectivity index (χ0v) is 36.6. The van der Waals surface area contributed by atoms with Crippen molar-refractivity contribution in [3.8, 4) is 0 Å². The first-order chi connectivity index (χ1) is 28.7. The van der Waals surface area contributed by atoms with Crippen LogP contribution in [-0.4, -0.2) is 148 Å². The smallest absolute Gasteiger partial charge is 0.303 e. The zero-order valence-electron chi connectivity index (χ0n) is 36.6. The van der Waals surface area contributed by atoms with Crippen LogP contribution in [0.1, 0.15) is 106 Å². The Morgan fingerprint density at radius 3 is 2.18 bits per heavy atom. The van der Waals surface area contributed by atoms with Crippen LogP contribution in [0.5, 0.6) is 0 Å². The fourth-order valence-corrected chi connectivity index (χ4v) is 13.4. The van der Waals surface area contributed by atoms with E-state index in [9.17, 15) is 45.0 Å². The van der Waals surface area contributed by atoms with Gasteiger partial charge < -0.3 is 68.5 Å². The van der Waals surface area contributed by atoms with Crippen molar-refractivity contribution in [1.82, 2.24) is 0 Å². The van der Waals surface area contributed by atoms with E-state index in [1.54, 1.807) is 0 Å². The van der Waals surface area contributed by atoms with Gasteiger partial charge in [0.2, 0.25) is 0 Å². The van der Waals surface area contributed by atoms with Crippen LogP contribution < -0.4 is 0 Å². The molecule has 7 rings (SSSR count). The highest BCUT2D eigenvalue weighted by Crippen LogP contribution is 2.71. The van der Waals surface area contributed by atoms with Gasteiger partial charge in [0, 0.05) is 33.1 Å². The number of carbonyl (C=O) groups is 3. The van der Waals surface area contributed by atoms with Gasteiger partial charge in [-0.1, -0.05) is 27.7 Å². The Bertz CT molecular complexity index is 1580. The van der Waals surface area contributed by atoms with E-state index >= 15 is 0 Å². The third-order valence-corrected chi connectivity index (χ3v) is 16.2. The Morgan fingerprint density at radius 1 is 0.820 bits per heavy atom. The number of aliphatic hydroxyl groups excluding tert-OH is 5. The number of hydrogen-bond acceptors (Lipinski definition) is 17. The molecule has 61 heavy (non-hydrogen) atoms. The van der Waals surface area contributed by atoms with Gasteiger partial charge in [-0.2, -0.15) is 0 Å². The van der Waals surface area contributed by atoms with Crippen molar-refractivity contribution in [3.05, 3.63) is 0 Å². The van der Waals surface area contributed by atoms with E-state index in [1.807, 2.05) is 6.92 Å². The first-order valence-corrected chi connectivity index (χ1v) is 22.5. The van der Waals surface area contributed by atoms with E-state index in [2.05, 4.69) is 20.8 Å². The van der Waals surface area contributed by atoms with Crippen LogP contribution in [0.15, 0.2) is 0 Å². The van der Waals surface area contributed by atoms with E-state index in [-0.39, 0.29) is 77.7 Å². The summed E-state index contributed by atoms with van der Waals surface area (Å²) in [5.41, 5.74) is -0.523. The van der Waals surface area contributed by atoms with Gasteiger partial charge in [-0.15, -0.1) is 0 Å². The fourth-order valence-electron chi connectivity index (χ4n) is 13.4. The Hall–Kier alpha value is -2.03. The predicted molar refractivity (Wildman–Crippen MR) is 210 cm³/mol. The van der Waals surface area contributed by atoms with E-state index in [4.69, 9.17) is 37.9 Å². The molecule has 0 bridgehead atoms. The van der Waals surface area contributed by atoms with E-state index < -0.39 is 91.7 Å². The maximum absolute atomic E-state index is 12.6. The lowest BCUT2D eigenvalue weighted by molar-refractivity contribution is -0.314. The van der Waals surface area contributed by atoms with Crippen LogP contribution >= 0.6 is 0 Å². The summed E-state index contributed by atoms with van der Waals surface area (Å²) in [5, 5.41) is 63.4. The molecule has 0 amide bonds. The van der Waals surface area contributed by atoms with Crippen molar-refractivity contribution in [2.24, 2.45) is 52.3 Å². The molecule has 4 aliphatic carbocycles. The number of carbonyl (C=O) groups excluding carboxylic acids is 3. The predicted octanol–water partition coefficient (Wildman–Crippen LogP) is 1.72. The summed E-state index contributed by atoms with van der Waals surface area (Å²) in [6.07, 6.45) is -6.11. The molecule has 22 atom stereocenters. The molecule has 348 valence electrons. The first kappa shape index (κ1) is 46.9. The average Bonchev–Trinajstić information content (AvgIpc) is 3.62. The molecule has 17 heteroatoms. The summed E-state index contributed by atoms with van der Waals surface area (Å²) in [6, 6.07) is 0. The molecule has 3 aliphatic heterocycles. The molecule has 7 aliphatic rings. The molecule has 0 radical (unpaired) electrons. The Kier molecular flexibility index (Phi) is 13.9. The van der Waals surface area contributed by atoms with Crippen LogP contribution in [-0.2, 0) is 52.3 Å². The maximum atomic E-state index is 12.6. The summed E-state index contributed by atoms with van der Waals surface area (Å²) in [5.74, 6) is -2.95. The third kappa shape index (κ3) is 8.88. The molecule has 4 saturated carbocycles. The number of hydrogen-bond donors (Lipinski definition) is 6. The van der Waals surface area contributed by atoms with Crippen molar-refractivity contribution in [3.63, 3.8) is 0 Å². The van der Waals surface area contributed by atoms with E-state index in [0.717, 1.165) is 25.7 Å². The number of fused-ring (bicyclic) bond motifs is 7. The van der Waals surface area contributed by atoms with Gasteiger partial charge >= 0.3 is 17.9 Å². The molecule has 22 unspecified atom stereocenters. The summed E-state index contributed by atoms with van der Waals surface area (Å²) < 4.78 is 48.4. The molecule has 0 aromatic rings. The summed E-state index contributed by atoms with van der Waals surface area (Å²) in [7, 11) is 0. The Morgan fingerprint density at radius 2 is 1.51 bits per heavy atom. The van der Waals surface area contributed by atoms with Crippen molar-refractivity contribution in [2.45, 2.75) is 186 Å². The summed E-state index contributed by atoms with van der Waals surface area (Å²) in [6.45, 7) is 11.7. The lowest BCUT2D eigenvalue weighted by Crippen LogP contribution is -2.63. The number of esters is 3. The highest BCUT2D eigenvalue weighted by atomic mass is 16.7. The van der Waals surface area contributed by atoms with Crippen molar-refractivity contribution >= 4 is 17.9 Å². The van der Waals surface area contributed by atoms with E-state index in [1.165, 1.54) is 20.8 Å². The molecule has 0 aromatic heterocycles. The Balaban J connectivity index is 1.11. The standard InChI is InChI=1S/C44H70O17/c1-20(18-54-40-37(52)36(51)35(50)31(17-45)60-40)10-13-44(53)21(2)33-29(61-44)15-28-27-9-8-25-14-26(49)11-12-42(25,6)34(27)30(16-43(28,33)7)59-41-39(58-24(5)48)38(57-23(4)47)32(19-55-41)56-22(3)46/h20-21,25-41,45,49-53H,8-19H2,1-7H3. The van der Waals surface area contributed by atoms with Crippen LogP contribution in [0, 0.1) is 52.3 Å². The zero-order chi connectivity index (χ0) is 44.3. The topological polar surface area (TPSA) is 246 Å². The normalized spacial score (nSPS) is 49.7. The minimum Gasteiger partial charge on any atom is -0.456 e. The van der Waals surface area contributed by atoms with Gasteiger partial charge in [0.25, 0.3) is 0 Å². The number of ether oxygens (including phenoxy) is 8. The maximum Gasteiger partial charge on any atom is 0.303 e. The Labute approximate surface area is 358 Å². The van der Waals surface area contributed by atoms with Crippen molar-refractivity contribution < 1.29 is 82.9 Å². The minimum atomic E-state index is -1.54. The lowest BCUT2D eigenvalue weighted by atomic mass is 9.43. The molecule has 6 N–H and O–H groups in total. The van der Waals surface area contributed by atoms with Gasteiger partial charge in [0.05, 0.1) is 38.1 Å². The molecule has 0 aromatic carbocycles. The van der Waals surface area contributed by atoms with Crippen molar-refractivity contribution in [1.29, 1.82) is 0 Å². The molecule has 0 spiro atoms. The van der Waals surface area contributed by atoms with Crippen LogP contribution in [0.2, 0.25) is 0 Å². The monoisotopic (exact) mass is 870 g/mol. The second-order valence-corrected chi connectivity index (χ2v) is 20.1. The second-order valence-electron chi connectivity index (χ2n) is 20.1. The first-order valence-electron chi connectivity index (χ1n) is 22.5. The summed E-state index contributed by atoms with van der Waals surface area (Å²) >= 11 is 0. The number of aliphatic hydroxyl groups is 6. The van der Waals surface area contributed by atoms with Crippen molar-refractivity contribution in [2.75, 3.05) is 19.8 Å². The molecule has 7 fully saturated rings. The number of rotatable bonds is 12. The quantitative estimate of drug-likeness (QED) is 0.121. The highest BCUT2D eigenvalue weighted by Gasteiger charge is 2.70. The molecular formula is C44H70O17. The van der Waals surface area contributed by atoms with Crippen LogP contribution in [0.3, 0.4) is 0 Å². The third-order valence-electron chi connectivity index (χ3n) is 16.2. The van der Waals surface area contributed by atoms with Gasteiger partial charge in [-0.25, -0.2) is 0 Å². The molecule has 3 heterocycles. The van der Waals surface area contributed by atoms with Gasteiger partial charge in [0.1, 0.15) is 24.4 Å². The molecule has 3 saturated heterocycles. The molecular weight excluding hydrogens is 800 g/mol. The summed E-state index contributed by atoms with van der Waals surface area (Å²) in [4.78, 5) is 37.1. The fraction of sp³-hybridized carbons (Fsp3) is 0.932. The molecule has 17 nitrogen and oxygen atoms in total. The largest absolute Gasteiger partial charge is 0.456 e. The SMILES string of the molecule is CC(=O)OC1COC(OC2CC3(C)C(CC4OC(O)(CCC(C)COC5OC(CO)C(O)C(O)C5O)C(C)C43)C3CCC4CC(O)CCC4(C)C23)C(OC(C)=O)C1OC(C)=O. The van der Waals surface area contributed by atoms with Gasteiger partial charge in [0.15, 0.2) is 36.7 Å². The van der Waals surface area contributed by atoms with Gasteiger partial charge in [-0.3, -0.25) is 14.4 Å². The highest BCUT2D eigenvalue weighted by molar-refractivity contribution is 5.68. The minimum absolute atomic E-state index is 0.0346. The van der Waals surface area contributed by atoms with Crippen LogP contribution in [0.4, 0.5) is 0 Å². The van der Waals surface area contributed by atoms with Crippen LogP contribution in [0.25, 0.3) is 0 Å². The average molecular weight is 871 g/mol. The van der Waals surface area contributed by atoms with E-state index in [0.29, 0.717) is 32.1 Å². The lowest BCUT2D eigenvalue weighted by Gasteiger charge is -2.63. The second kappa shape index (κ2) is 18.1.